The summed E-state index contributed by atoms with van der Waals surface area (Å²) < 4.78 is 28.2. The minimum absolute atomic E-state index is 0.0251. The second-order valence-electron chi connectivity index (χ2n) is 5.18. The second kappa shape index (κ2) is 6.77. The quantitative estimate of drug-likeness (QED) is 0.857. The highest BCUT2D eigenvalue weighted by Crippen LogP contribution is 2.21. The summed E-state index contributed by atoms with van der Waals surface area (Å²) in [4.78, 5) is 12.1. The van der Waals surface area contributed by atoms with Crippen LogP contribution in [0.4, 0.5) is 0 Å². The van der Waals surface area contributed by atoms with Gasteiger partial charge in [0.15, 0.2) is 0 Å². The fraction of sp³-hybridized carbons (Fsp3) is 0.500. The molecular formula is C14H18ClNO4S. The maximum Gasteiger partial charge on any atom is 0.261 e. The van der Waals surface area contributed by atoms with Crippen LogP contribution in [0.5, 0.6) is 0 Å². The van der Waals surface area contributed by atoms with Gasteiger partial charge in [-0.15, -0.1) is 0 Å². The third-order valence-corrected chi connectivity index (χ3v) is 5.07. The van der Waals surface area contributed by atoms with Crippen LogP contribution >= 0.6 is 10.7 Å². The topological polar surface area (TPSA) is 72.5 Å². The summed E-state index contributed by atoms with van der Waals surface area (Å²) in [5, 5.41) is 2.83. The maximum absolute atomic E-state index is 12.1. The maximum atomic E-state index is 12.1. The monoisotopic (exact) mass is 331 g/mol. The number of aryl methyl sites for hydroxylation is 1. The average molecular weight is 332 g/mol. The summed E-state index contributed by atoms with van der Waals surface area (Å²) in [5.74, 6) is 0.118. The number of amides is 1. The van der Waals surface area contributed by atoms with Gasteiger partial charge in [0, 0.05) is 36.0 Å². The van der Waals surface area contributed by atoms with Gasteiger partial charge in [-0.05, 0) is 43.4 Å². The molecule has 7 heteroatoms. The van der Waals surface area contributed by atoms with Gasteiger partial charge in [0.25, 0.3) is 15.0 Å². The first kappa shape index (κ1) is 16.3. The minimum atomic E-state index is -3.85. The molecular weight excluding hydrogens is 314 g/mol. The van der Waals surface area contributed by atoms with Gasteiger partial charge < -0.3 is 10.1 Å². The molecule has 1 aliphatic heterocycles. The predicted molar refractivity (Wildman–Crippen MR) is 80.1 cm³/mol. The van der Waals surface area contributed by atoms with E-state index in [4.69, 9.17) is 15.4 Å². The predicted octanol–water partition coefficient (Wildman–Crippen LogP) is 2.08. The SMILES string of the molecule is Cc1ccc(C(=O)NCC2CCOCC2)cc1S(=O)(=O)Cl. The number of nitrogens with one attached hydrogen (secondary N) is 1. The molecule has 0 atom stereocenters. The van der Waals surface area contributed by atoms with Crippen LogP contribution in [0.1, 0.15) is 28.8 Å². The average Bonchev–Trinajstić information content (AvgIpc) is 2.45. The Hall–Kier alpha value is -1.11. The van der Waals surface area contributed by atoms with E-state index >= 15 is 0 Å². The van der Waals surface area contributed by atoms with E-state index in [2.05, 4.69) is 5.32 Å². The lowest BCUT2D eigenvalue weighted by molar-refractivity contribution is 0.0642. The molecule has 0 bridgehead atoms. The van der Waals surface area contributed by atoms with Gasteiger partial charge >= 0.3 is 0 Å². The summed E-state index contributed by atoms with van der Waals surface area (Å²) in [5.41, 5.74) is 0.817. The van der Waals surface area contributed by atoms with Crippen molar-refractivity contribution in [1.29, 1.82) is 0 Å². The minimum Gasteiger partial charge on any atom is -0.381 e. The summed E-state index contributed by atoms with van der Waals surface area (Å²) in [6, 6.07) is 4.50. The first-order valence-corrected chi connectivity index (χ1v) is 9.10. The molecule has 1 N–H and O–H groups in total. The molecule has 0 aromatic heterocycles. The van der Waals surface area contributed by atoms with Crippen molar-refractivity contribution in [1.82, 2.24) is 5.32 Å². The van der Waals surface area contributed by atoms with Gasteiger partial charge in [-0.25, -0.2) is 8.42 Å². The van der Waals surface area contributed by atoms with E-state index in [1.165, 1.54) is 6.07 Å². The Kier molecular flexibility index (Phi) is 5.24. The molecule has 1 aliphatic rings. The molecule has 0 unspecified atom stereocenters. The van der Waals surface area contributed by atoms with Gasteiger partial charge in [0.2, 0.25) is 0 Å². The fourth-order valence-electron chi connectivity index (χ4n) is 2.29. The molecule has 0 saturated carbocycles. The van der Waals surface area contributed by atoms with Crippen molar-refractivity contribution in [2.24, 2.45) is 5.92 Å². The van der Waals surface area contributed by atoms with Crippen molar-refractivity contribution in [3.05, 3.63) is 29.3 Å². The molecule has 1 fully saturated rings. The van der Waals surface area contributed by atoms with Crippen LogP contribution in [0.25, 0.3) is 0 Å². The van der Waals surface area contributed by atoms with Crippen LogP contribution in [-0.4, -0.2) is 34.1 Å². The van der Waals surface area contributed by atoms with Crippen molar-refractivity contribution < 1.29 is 17.9 Å². The van der Waals surface area contributed by atoms with Crippen LogP contribution in [0.2, 0.25) is 0 Å². The highest BCUT2D eigenvalue weighted by molar-refractivity contribution is 8.13. The molecule has 116 valence electrons. The zero-order valence-electron chi connectivity index (χ0n) is 11.8. The number of carbonyl (C=O) groups excluding carboxylic acids is 1. The van der Waals surface area contributed by atoms with Gasteiger partial charge in [-0.3, -0.25) is 4.79 Å². The zero-order valence-corrected chi connectivity index (χ0v) is 13.3. The third-order valence-electron chi connectivity index (χ3n) is 3.61. The lowest BCUT2D eigenvalue weighted by Gasteiger charge is -2.22. The standard InChI is InChI=1S/C14H18ClNO4S/c1-10-2-3-12(8-13(10)21(15,18)19)14(17)16-9-11-4-6-20-7-5-11/h2-3,8,11H,4-7,9H2,1H3,(H,16,17). The number of rotatable bonds is 4. The number of carbonyl (C=O) groups is 1. The Morgan fingerprint density at radius 3 is 2.67 bits per heavy atom. The summed E-state index contributed by atoms with van der Waals surface area (Å²) in [6.45, 7) is 3.65. The molecule has 5 nitrogen and oxygen atoms in total. The van der Waals surface area contributed by atoms with Crippen molar-refractivity contribution in [2.75, 3.05) is 19.8 Å². The largest absolute Gasteiger partial charge is 0.381 e. The van der Waals surface area contributed by atoms with E-state index < -0.39 is 9.05 Å². The van der Waals surface area contributed by atoms with Crippen molar-refractivity contribution >= 4 is 25.6 Å². The van der Waals surface area contributed by atoms with Gasteiger partial charge in [0.1, 0.15) is 0 Å². The summed E-state index contributed by atoms with van der Waals surface area (Å²) in [7, 11) is 1.52. The molecule has 0 radical (unpaired) electrons. The van der Waals surface area contributed by atoms with E-state index in [0.717, 1.165) is 26.1 Å². The highest BCUT2D eigenvalue weighted by atomic mass is 35.7. The molecule has 21 heavy (non-hydrogen) atoms. The Morgan fingerprint density at radius 1 is 1.38 bits per heavy atom. The first-order chi connectivity index (χ1) is 9.88. The van der Waals surface area contributed by atoms with E-state index in [1.807, 2.05) is 0 Å². The molecule has 1 aromatic carbocycles. The van der Waals surface area contributed by atoms with Crippen LogP contribution in [0, 0.1) is 12.8 Å². The molecule has 1 aromatic rings. The summed E-state index contributed by atoms with van der Waals surface area (Å²) in [6.07, 6.45) is 1.85. The van der Waals surface area contributed by atoms with Crippen molar-refractivity contribution in [3.63, 3.8) is 0 Å². The van der Waals surface area contributed by atoms with Crippen LogP contribution in [-0.2, 0) is 13.8 Å². The lowest BCUT2D eigenvalue weighted by atomic mass is 10.0. The Bertz CT molecular complexity index is 624. The summed E-state index contributed by atoms with van der Waals surface area (Å²) >= 11 is 0. The van der Waals surface area contributed by atoms with E-state index in [0.29, 0.717) is 23.6 Å². The smallest absolute Gasteiger partial charge is 0.261 e. The Balaban J connectivity index is 2.05. The fourth-order valence-corrected chi connectivity index (χ4v) is 3.51. The molecule has 0 aliphatic carbocycles. The molecule has 1 saturated heterocycles. The molecule has 1 amide bonds. The van der Waals surface area contributed by atoms with Crippen molar-refractivity contribution in [2.45, 2.75) is 24.7 Å². The molecule has 2 rings (SSSR count). The number of benzene rings is 1. The molecule has 0 spiro atoms. The number of hydrogen-bond donors (Lipinski definition) is 1. The van der Waals surface area contributed by atoms with Gasteiger partial charge in [-0.1, -0.05) is 6.07 Å². The van der Waals surface area contributed by atoms with Gasteiger partial charge in [-0.2, -0.15) is 0 Å². The first-order valence-electron chi connectivity index (χ1n) is 6.79. The normalized spacial score (nSPS) is 16.7. The number of ether oxygens (including phenoxy) is 1. The molecule has 1 heterocycles. The number of halogens is 1. The van der Waals surface area contributed by atoms with Crippen molar-refractivity contribution in [3.8, 4) is 0 Å². The zero-order chi connectivity index (χ0) is 15.5. The van der Waals surface area contributed by atoms with Crippen LogP contribution in [0.3, 0.4) is 0 Å². The highest BCUT2D eigenvalue weighted by Gasteiger charge is 2.18. The van der Waals surface area contributed by atoms with Crippen LogP contribution < -0.4 is 5.32 Å². The van der Waals surface area contributed by atoms with Gasteiger partial charge in [0.05, 0.1) is 4.90 Å². The Labute approximate surface area is 129 Å². The van der Waals surface area contributed by atoms with Crippen LogP contribution in [0.15, 0.2) is 23.1 Å². The van der Waals surface area contributed by atoms with E-state index in [-0.39, 0.29) is 10.8 Å². The lowest BCUT2D eigenvalue weighted by Crippen LogP contribution is -2.32. The Morgan fingerprint density at radius 2 is 2.05 bits per heavy atom. The van der Waals surface area contributed by atoms with E-state index in [9.17, 15) is 13.2 Å². The number of hydrogen-bond acceptors (Lipinski definition) is 4. The third kappa shape index (κ3) is 4.43. The second-order valence-corrected chi connectivity index (χ2v) is 7.72. The van der Waals surface area contributed by atoms with E-state index in [1.54, 1.807) is 19.1 Å².